The average Bonchev–Trinajstić information content (AvgIpc) is 2.25. The number of pyridine rings is 1. The topological polar surface area (TPSA) is 105 Å². The highest BCUT2D eigenvalue weighted by Crippen LogP contribution is 2.17. The van der Waals surface area contributed by atoms with Crippen LogP contribution >= 0.6 is 0 Å². The number of hydrogen-bond donors (Lipinski definition) is 2. The third-order valence-corrected chi connectivity index (χ3v) is 4.86. The van der Waals surface area contributed by atoms with E-state index < -0.39 is 25.9 Å². The van der Waals surface area contributed by atoms with Crippen molar-refractivity contribution in [1.82, 2.24) is 9.71 Å². The molecule has 1 atom stereocenters. The van der Waals surface area contributed by atoms with Crippen LogP contribution in [0.3, 0.4) is 0 Å². The lowest BCUT2D eigenvalue weighted by Gasteiger charge is -2.14. The van der Waals surface area contributed by atoms with Gasteiger partial charge in [-0.2, -0.15) is 0 Å². The predicted octanol–water partition coefficient (Wildman–Crippen LogP) is -0.165. The van der Waals surface area contributed by atoms with E-state index in [9.17, 15) is 16.8 Å². The minimum Gasteiger partial charge on any atom is -0.386 e. The van der Waals surface area contributed by atoms with Crippen molar-refractivity contribution in [2.45, 2.75) is 18.0 Å². The molecule has 1 rings (SSSR count). The van der Waals surface area contributed by atoms with E-state index >= 15 is 0 Å². The molecule has 108 valence electrons. The van der Waals surface area contributed by atoms with Crippen LogP contribution < -0.4 is 10.0 Å². The zero-order chi connectivity index (χ0) is 14.7. The molecule has 1 aromatic heterocycles. The lowest BCUT2D eigenvalue weighted by atomic mass is 10.4. The molecule has 0 aliphatic heterocycles. The summed E-state index contributed by atoms with van der Waals surface area (Å²) in [6, 6.07) is 2.44. The van der Waals surface area contributed by atoms with Gasteiger partial charge in [0, 0.05) is 25.5 Å². The standard InChI is InChI=1S/C10H17N3O4S2/c1-8(7-18(3,14)15)13-19(16,17)10-9(11-2)5-4-6-12-10/h4-6,8,11,13H,7H2,1-3H3. The van der Waals surface area contributed by atoms with E-state index in [1.807, 2.05) is 0 Å². The summed E-state index contributed by atoms with van der Waals surface area (Å²) < 4.78 is 48.7. The number of aromatic nitrogens is 1. The number of anilines is 1. The average molecular weight is 307 g/mol. The quantitative estimate of drug-likeness (QED) is 0.756. The van der Waals surface area contributed by atoms with Gasteiger partial charge in [0.05, 0.1) is 11.4 Å². The Kier molecular flexibility index (Phi) is 4.88. The van der Waals surface area contributed by atoms with E-state index in [0.29, 0.717) is 5.69 Å². The van der Waals surface area contributed by atoms with Crippen LogP contribution in [0.25, 0.3) is 0 Å². The van der Waals surface area contributed by atoms with Gasteiger partial charge in [0.25, 0.3) is 10.0 Å². The maximum atomic E-state index is 12.1. The Labute approximate surface area is 113 Å². The molecule has 19 heavy (non-hydrogen) atoms. The van der Waals surface area contributed by atoms with Gasteiger partial charge in [-0.05, 0) is 19.1 Å². The van der Waals surface area contributed by atoms with E-state index in [-0.39, 0.29) is 10.8 Å². The summed E-state index contributed by atoms with van der Waals surface area (Å²) in [7, 11) is -5.54. The second-order valence-electron chi connectivity index (χ2n) is 4.22. The van der Waals surface area contributed by atoms with Crippen LogP contribution in [0.5, 0.6) is 0 Å². The van der Waals surface area contributed by atoms with Crippen LogP contribution in [0, 0.1) is 0 Å². The van der Waals surface area contributed by atoms with Crippen molar-refractivity contribution in [3.05, 3.63) is 18.3 Å². The minimum absolute atomic E-state index is 0.155. The maximum absolute atomic E-state index is 12.1. The van der Waals surface area contributed by atoms with E-state index in [4.69, 9.17) is 0 Å². The summed E-state index contributed by atoms with van der Waals surface area (Å²) in [6.07, 6.45) is 2.41. The van der Waals surface area contributed by atoms with E-state index in [2.05, 4.69) is 15.0 Å². The Morgan fingerprint density at radius 2 is 1.95 bits per heavy atom. The zero-order valence-electron chi connectivity index (χ0n) is 10.9. The van der Waals surface area contributed by atoms with Crippen molar-refractivity contribution in [2.75, 3.05) is 24.4 Å². The molecule has 0 bridgehead atoms. The largest absolute Gasteiger partial charge is 0.386 e. The second-order valence-corrected chi connectivity index (χ2v) is 8.03. The lowest BCUT2D eigenvalue weighted by Crippen LogP contribution is -2.37. The summed E-state index contributed by atoms with van der Waals surface area (Å²) in [5.74, 6) is -0.270. The van der Waals surface area contributed by atoms with Crippen LogP contribution in [0.2, 0.25) is 0 Å². The van der Waals surface area contributed by atoms with Gasteiger partial charge in [0.15, 0.2) is 5.03 Å². The van der Waals surface area contributed by atoms with E-state index in [1.54, 1.807) is 19.2 Å². The predicted molar refractivity (Wildman–Crippen MR) is 73.3 cm³/mol. The molecule has 0 saturated carbocycles. The van der Waals surface area contributed by atoms with Crippen LogP contribution in [-0.2, 0) is 19.9 Å². The highest BCUT2D eigenvalue weighted by Gasteiger charge is 2.23. The van der Waals surface area contributed by atoms with Crippen molar-refractivity contribution in [1.29, 1.82) is 0 Å². The molecule has 9 heteroatoms. The molecule has 1 aromatic rings. The first-order valence-electron chi connectivity index (χ1n) is 5.48. The van der Waals surface area contributed by atoms with Crippen LogP contribution in [0.4, 0.5) is 5.69 Å². The third kappa shape index (κ3) is 4.77. The molecule has 0 saturated heterocycles. The highest BCUT2D eigenvalue weighted by atomic mass is 32.2. The van der Waals surface area contributed by atoms with E-state index in [1.165, 1.54) is 13.1 Å². The fourth-order valence-electron chi connectivity index (χ4n) is 1.60. The van der Waals surface area contributed by atoms with Crippen molar-refractivity contribution in [2.24, 2.45) is 0 Å². The van der Waals surface area contributed by atoms with Crippen molar-refractivity contribution < 1.29 is 16.8 Å². The summed E-state index contributed by atoms with van der Waals surface area (Å²) >= 11 is 0. The number of sulfone groups is 1. The third-order valence-electron chi connectivity index (χ3n) is 2.20. The fourth-order valence-corrected chi connectivity index (χ4v) is 4.09. The maximum Gasteiger partial charge on any atom is 0.260 e. The van der Waals surface area contributed by atoms with Crippen molar-refractivity contribution in [3.63, 3.8) is 0 Å². The first-order valence-corrected chi connectivity index (χ1v) is 9.03. The molecule has 0 aliphatic rings. The van der Waals surface area contributed by atoms with Crippen LogP contribution in [0.1, 0.15) is 6.92 Å². The molecule has 7 nitrogen and oxygen atoms in total. The number of rotatable bonds is 6. The van der Waals surface area contributed by atoms with Crippen molar-refractivity contribution >= 4 is 25.5 Å². The molecule has 1 unspecified atom stereocenters. The zero-order valence-corrected chi connectivity index (χ0v) is 12.5. The fraction of sp³-hybridized carbons (Fsp3) is 0.500. The molecule has 0 aliphatic carbocycles. The molecular weight excluding hydrogens is 290 g/mol. The lowest BCUT2D eigenvalue weighted by molar-refractivity contribution is 0.561. The Morgan fingerprint density at radius 1 is 1.32 bits per heavy atom. The number of hydrogen-bond acceptors (Lipinski definition) is 6. The van der Waals surface area contributed by atoms with Crippen LogP contribution in [-0.4, -0.2) is 46.9 Å². The first-order chi connectivity index (χ1) is 8.65. The Morgan fingerprint density at radius 3 is 2.47 bits per heavy atom. The molecule has 0 fully saturated rings. The normalized spacial score (nSPS) is 14.1. The van der Waals surface area contributed by atoms with Gasteiger partial charge < -0.3 is 5.32 Å². The van der Waals surface area contributed by atoms with Gasteiger partial charge in [-0.25, -0.2) is 26.5 Å². The minimum atomic E-state index is -3.86. The van der Waals surface area contributed by atoms with Crippen LogP contribution in [0.15, 0.2) is 23.4 Å². The molecule has 0 spiro atoms. The van der Waals surface area contributed by atoms with Gasteiger partial charge >= 0.3 is 0 Å². The molecule has 1 heterocycles. The molecule has 0 radical (unpaired) electrons. The SMILES string of the molecule is CNc1cccnc1S(=O)(=O)NC(C)CS(C)(=O)=O. The smallest absolute Gasteiger partial charge is 0.260 e. The van der Waals surface area contributed by atoms with Crippen molar-refractivity contribution in [3.8, 4) is 0 Å². The summed E-state index contributed by atoms with van der Waals surface area (Å²) in [5.41, 5.74) is 0.349. The van der Waals surface area contributed by atoms with Gasteiger partial charge in [-0.3, -0.25) is 0 Å². The van der Waals surface area contributed by atoms with Gasteiger partial charge in [-0.1, -0.05) is 0 Å². The summed E-state index contributed by atoms with van der Waals surface area (Å²) in [5, 5.41) is 2.57. The molecular formula is C10H17N3O4S2. The first kappa shape index (κ1) is 15.9. The summed E-state index contributed by atoms with van der Waals surface area (Å²) in [6.45, 7) is 1.49. The van der Waals surface area contributed by atoms with Gasteiger partial charge in [0.1, 0.15) is 9.84 Å². The monoisotopic (exact) mass is 307 g/mol. The molecule has 0 aromatic carbocycles. The number of nitrogens with zero attached hydrogens (tertiary/aromatic N) is 1. The van der Waals surface area contributed by atoms with E-state index in [0.717, 1.165) is 6.26 Å². The van der Waals surface area contributed by atoms with Gasteiger partial charge in [0.2, 0.25) is 0 Å². The van der Waals surface area contributed by atoms with Gasteiger partial charge in [-0.15, -0.1) is 0 Å². The number of sulfonamides is 1. The molecule has 2 N–H and O–H groups in total. The highest BCUT2D eigenvalue weighted by molar-refractivity contribution is 7.91. The second kappa shape index (κ2) is 5.85. The Balaban J connectivity index is 2.99. The molecule has 0 amide bonds. The summed E-state index contributed by atoms with van der Waals surface area (Å²) in [4.78, 5) is 3.81. The number of nitrogens with one attached hydrogen (secondary N) is 2. The Bertz CT molecular complexity index is 640. The Hall–Kier alpha value is -1.19.